The Morgan fingerprint density at radius 3 is 2.50 bits per heavy atom. The number of carbonyl (C=O) groups is 1. The molecule has 0 saturated heterocycles. The molecule has 0 aromatic carbocycles. The number of hydrogen-bond acceptors (Lipinski definition) is 1. The first kappa shape index (κ1) is 10.5. The van der Waals surface area contributed by atoms with E-state index in [1.54, 1.807) is 0 Å². The highest BCUT2D eigenvalue weighted by Crippen LogP contribution is 2.40. The van der Waals surface area contributed by atoms with Crippen LogP contribution in [0.15, 0.2) is 0 Å². The lowest BCUT2D eigenvalue weighted by atomic mass is 9.70. The molecule has 0 amide bonds. The maximum atomic E-state index is 12.2. The van der Waals surface area contributed by atoms with Crippen molar-refractivity contribution in [2.75, 3.05) is 12.5 Å². The predicted octanol–water partition coefficient (Wildman–Crippen LogP) is 2.40. The van der Waals surface area contributed by atoms with Crippen molar-refractivity contribution >= 4 is 16.7 Å². The molecule has 0 radical (unpaired) electrons. The van der Waals surface area contributed by atoms with Crippen molar-refractivity contribution in [3.05, 3.63) is 0 Å². The van der Waals surface area contributed by atoms with E-state index in [4.69, 9.17) is 0 Å². The summed E-state index contributed by atoms with van der Waals surface area (Å²) in [7, 11) is 0.303. The Morgan fingerprint density at radius 1 is 1.07 bits per heavy atom. The standard InChI is InChI=1S/C12H21OS/c1-14(2)11-8-7-9-5-3-4-6-10(9)12(11)13/h9-11H,3-8H2,1-2H3/q+1. The number of carbonyl (C=O) groups excluding carboxylic acids is 1. The summed E-state index contributed by atoms with van der Waals surface area (Å²) in [4.78, 5) is 12.2. The summed E-state index contributed by atoms with van der Waals surface area (Å²) in [5.41, 5.74) is 0. The Morgan fingerprint density at radius 2 is 1.79 bits per heavy atom. The highest BCUT2D eigenvalue weighted by Gasteiger charge is 2.43. The molecule has 3 atom stereocenters. The number of fused-ring (bicyclic) bond motifs is 1. The second-order valence-corrected chi connectivity index (χ2v) is 7.33. The summed E-state index contributed by atoms with van der Waals surface area (Å²) in [6, 6.07) is 0. The van der Waals surface area contributed by atoms with E-state index < -0.39 is 0 Å². The average molecular weight is 213 g/mol. The van der Waals surface area contributed by atoms with E-state index in [1.165, 1.54) is 38.5 Å². The number of Topliss-reactive ketones (excluding diaryl/α,β-unsaturated/α-hetero) is 1. The van der Waals surface area contributed by atoms with Gasteiger partial charge in [-0.15, -0.1) is 0 Å². The molecule has 0 aromatic heterocycles. The van der Waals surface area contributed by atoms with Crippen molar-refractivity contribution < 1.29 is 4.79 Å². The fourth-order valence-corrected chi connectivity index (χ4v) is 4.39. The monoisotopic (exact) mass is 213 g/mol. The Bertz CT molecular complexity index is 224. The average Bonchev–Trinajstić information content (AvgIpc) is 2.18. The van der Waals surface area contributed by atoms with Gasteiger partial charge in [0.15, 0.2) is 11.0 Å². The number of rotatable bonds is 1. The van der Waals surface area contributed by atoms with Gasteiger partial charge in [-0.05, 0) is 36.1 Å². The number of hydrogen-bond donors (Lipinski definition) is 0. The molecule has 2 heteroatoms. The van der Waals surface area contributed by atoms with Crippen LogP contribution in [0, 0.1) is 11.8 Å². The summed E-state index contributed by atoms with van der Waals surface area (Å²) < 4.78 is 0. The minimum atomic E-state index is 0.303. The van der Waals surface area contributed by atoms with Crippen LogP contribution in [0.2, 0.25) is 0 Å². The van der Waals surface area contributed by atoms with Gasteiger partial charge >= 0.3 is 0 Å². The summed E-state index contributed by atoms with van der Waals surface area (Å²) in [5, 5.41) is 0.411. The van der Waals surface area contributed by atoms with Crippen molar-refractivity contribution in [1.82, 2.24) is 0 Å². The topological polar surface area (TPSA) is 17.1 Å². The van der Waals surface area contributed by atoms with E-state index in [9.17, 15) is 4.79 Å². The fourth-order valence-electron chi connectivity index (χ4n) is 3.14. The van der Waals surface area contributed by atoms with E-state index in [1.807, 2.05) is 0 Å². The Balaban J connectivity index is 2.07. The molecule has 3 unspecified atom stereocenters. The van der Waals surface area contributed by atoms with Crippen molar-refractivity contribution in [3.8, 4) is 0 Å². The van der Waals surface area contributed by atoms with E-state index in [0.717, 1.165) is 5.92 Å². The molecule has 80 valence electrons. The fraction of sp³-hybridized carbons (Fsp3) is 0.917. The highest BCUT2D eigenvalue weighted by atomic mass is 32.2. The third kappa shape index (κ3) is 1.86. The van der Waals surface area contributed by atoms with Crippen molar-refractivity contribution in [2.24, 2.45) is 11.8 Å². The lowest BCUT2D eigenvalue weighted by Gasteiger charge is -2.36. The van der Waals surface area contributed by atoms with Crippen molar-refractivity contribution in [2.45, 2.75) is 43.8 Å². The number of ketones is 1. The third-order valence-corrected chi connectivity index (χ3v) is 5.57. The molecule has 2 rings (SSSR count). The van der Waals surface area contributed by atoms with Gasteiger partial charge in [-0.3, -0.25) is 4.79 Å². The van der Waals surface area contributed by atoms with Crippen LogP contribution < -0.4 is 0 Å². The molecular formula is C12H21OS+. The summed E-state index contributed by atoms with van der Waals surface area (Å²) in [6.45, 7) is 0. The molecule has 2 saturated carbocycles. The van der Waals surface area contributed by atoms with Gasteiger partial charge in [-0.1, -0.05) is 12.8 Å². The first-order chi connectivity index (χ1) is 6.70. The van der Waals surface area contributed by atoms with Gasteiger partial charge in [0.25, 0.3) is 0 Å². The molecule has 2 fully saturated rings. The molecule has 14 heavy (non-hydrogen) atoms. The maximum Gasteiger partial charge on any atom is 0.188 e. The lowest BCUT2D eigenvalue weighted by molar-refractivity contribution is -0.127. The minimum Gasteiger partial charge on any atom is -0.294 e. The Hall–Kier alpha value is 0.0200. The zero-order valence-corrected chi connectivity index (χ0v) is 10.1. The van der Waals surface area contributed by atoms with Crippen molar-refractivity contribution in [1.29, 1.82) is 0 Å². The van der Waals surface area contributed by atoms with Gasteiger partial charge in [0.1, 0.15) is 0 Å². The van der Waals surface area contributed by atoms with Gasteiger partial charge in [-0.2, -0.15) is 0 Å². The van der Waals surface area contributed by atoms with Crippen LogP contribution in [0.25, 0.3) is 0 Å². The molecule has 0 N–H and O–H groups in total. The Kier molecular flexibility index (Phi) is 3.20. The molecule has 0 heterocycles. The smallest absolute Gasteiger partial charge is 0.188 e. The van der Waals surface area contributed by atoms with Crippen LogP contribution in [-0.2, 0) is 15.7 Å². The van der Waals surface area contributed by atoms with Gasteiger partial charge in [0.2, 0.25) is 0 Å². The Labute approximate surface area is 90.0 Å². The van der Waals surface area contributed by atoms with E-state index >= 15 is 0 Å². The predicted molar refractivity (Wildman–Crippen MR) is 62.7 cm³/mol. The quantitative estimate of drug-likeness (QED) is 0.611. The lowest BCUT2D eigenvalue weighted by Crippen LogP contribution is -2.43. The third-order valence-electron chi connectivity index (χ3n) is 3.96. The zero-order chi connectivity index (χ0) is 10.1. The second-order valence-electron chi connectivity index (χ2n) is 5.00. The first-order valence-electron chi connectivity index (χ1n) is 5.80. The molecule has 1 nitrogen and oxygen atoms in total. The maximum absolute atomic E-state index is 12.2. The van der Waals surface area contributed by atoms with Gasteiger partial charge < -0.3 is 0 Å². The van der Waals surface area contributed by atoms with Gasteiger partial charge in [-0.25, -0.2) is 0 Å². The van der Waals surface area contributed by atoms with E-state index in [2.05, 4.69) is 12.5 Å². The highest BCUT2D eigenvalue weighted by molar-refractivity contribution is 7.96. The largest absolute Gasteiger partial charge is 0.294 e. The van der Waals surface area contributed by atoms with Gasteiger partial charge in [0.05, 0.1) is 12.5 Å². The van der Waals surface area contributed by atoms with Crippen LogP contribution in [0.5, 0.6) is 0 Å². The summed E-state index contributed by atoms with van der Waals surface area (Å²) in [5.74, 6) is 1.84. The second kappa shape index (κ2) is 4.26. The molecule has 2 aliphatic rings. The first-order valence-corrected chi connectivity index (χ1v) is 7.90. The normalized spacial score (nSPS) is 38.5. The SMILES string of the molecule is C[S+](C)C1CCC2CCCCC2C1=O. The van der Waals surface area contributed by atoms with E-state index in [-0.39, 0.29) is 0 Å². The molecular weight excluding hydrogens is 192 g/mol. The molecule has 0 spiro atoms. The van der Waals surface area contributed by atoms with Gasteiger partial charge in [0, 0.05) is 12.3 Å². The molecule has 0 aliphatic heterocycles. The molecule has 2 aliphatic carbocycles. The van der Waals surface area contributed by atoms with Crippen molar-refractivity contribution in [3.63, 3.8) is 0 Å². The van der Waals surface area contributed by atoms with Crippen LogP contribution in [-0.4, -0.2) is 23.5 Å². The van der Waals surface area contributed by atoms with Crippen LogP contribution >= 0.6 is 0 Å². The molecule has 0 bridgehead atoms. The summed E-state index contributed by atoms with van der Waals surface area (Å²) in [6.07, 6.45) is 12.1. The summed E-state index contributed by atoms with van der Waals surface area (Å²) >= 11 is 0. The van der Waals surface area contributed by atoms with Crippen LogP contribution in [0.1, 0.15) is 38.5 Å². The van der Waals surface area contributed by atoms with E-state index in [0.29, 0.717) is 27.8 Å². The minimum absolute atomic E-state index is 0.303. The van der Waals surface area contributed by atoms with Crippen LogP contribution in [0.4, 0.5) is 0 Å². The zero-order valence-electron chi connectivity index (χ0n) is 9.29. The van der Waals surface area contributed by atoms with Crippen LogP contribution in [0.3, 0.4) is 0 Å². The molecule has 0 aromatic rings.